The van der Waals surface area contributed by atoms with Gasteiger partial charge >= 0.3 is 8.80 Å². The van der Waals surface area contributed by atoms with E-state index in [4.69, 9.17) is 13.3 Å². The van der Waals surface area contributed by atoms with E-state index in [0.717, 1.165) is 20.8 Å². The Bertz CT molecular complexity index is 481. The number of amides is 1. The molecule has 0 fully saturated rings. The van der Waals surface area contributed by atoms with Gasteiger partial charge in [-0.2, -0.15) is 0 Å². The van der Waals surface area contributed by atoms with E-state index in [1.807, 2.05) is 0 Å². The first-order chi connectivity index (χ1) is 11.6. The number of carbonyl (C=O) groups is 4. The molecule has 0 aromatic carbocycles. The second-order valence-corrected chi connectivity index (χ2v) is 7.83. The van der Waals surface area contributed by atoms with Gasteiger partial charge in [-0.25, -0.2) is 0 Å². The van der Waals surface area contributed by atoms with Crippen molar-refractivity contribution < 1.29 is 32.5 Å². The topological polar surface area (TPSA) is 120 Å². The quantitative estimate of drug-likeness (QED) is 0.301. The normalized spacial score (nSPS) is 10.6. The van der Waals surface area contributed by atoms with Crippen molar-refractivity contribution in [2.75, 3.05) is 19.6 Å². The Morgan fingerprint density at radius 1 is 0.840 bits per heavy atom. The lowest BCUT2D eigenvalue weighted by Gasteiger charge is -2.26. The van der Waals surface area contributed by atoms with Crippen LogP contribution >= 0.6 is 0 Å². The first kappa shape index (κ1) is 22.8. The minimum Gasteiger partial charge on any atom is -0.455 e. The van der Waals surface area contributed by atoms with E-state index >= 15 is 0 Å². The van der Waals surface area contributed by atoms with Crippen LogP contribution in [-0.4, -0.2) is 52.3 Å². The molecule has 0 aromatic rings. The fourth-order valence-corrected chi connectivity index (χ4v) is 4.20. The predicted octanol–water partition coefficient (Wildman–Crippen LogP) is 0.287. The van der Waals surface area contributed by atoms with Crippen LogP contribution < -0.4 is 10.6 Å². The maximum atomic E-state index is 11.3. The zero-order valence-electron chi connectivity index (χ0n) is 15.1. The summed E-state index contributed by atoms with van der Waals surface area (Å²) in [6.07, 6.45) is 0.439. The summed E-state index contributed by atoms with van der Waals surface area (Å²) in [7, 11) is -3.76. The molecule has 9 nitrogen and oxygen atoms in total. The number of carbonyl (C=O) groups excluding carboxylic acids is 4. The van der Waals surface area contributed by atoms with E-state index in [-0.39, 0.29) is 12.0 Å². The summed E-state index contributed by atoms with van der Waals surface area (Å²) in [6.45, 7) is 10.0. The van der Waals surface area contributed by atoms with Crippen LogP contribution in [0.5, 0.6) is 0 Å². The molecule has 0 unspecified atom stereocenters. The van der Waals surface area contributed by atoms with Gasteiger partial charge in [0, 0.05) is 39.4 Å². The summed E-state index contributed by atoms with van der Waals surface area (Å²) < 4.78 is 15.2. The summed E-state index contributed by atoms with van der Waals surface area (Å²) in [5.41, 5.74) is 0.430. The van der Waals surface area contributed by atoms with Crippen LogP contribution in [0.25, 0.3) is 0 Å². The molecular formula is C15H26N2O7Si. The van der Waals surface area contributed by atoms with Crippen molar-refractivity contribution in [1.82, 2.24) is 10.6 Å². The molecule has 0 rings (SSSR count). The maximum absolute atomic E-state index is 11.3. The van der Waals surface area contributed by atoms with Gasteiger partial charge in [0.15, 0.2) is 0 Å². The van der Waals surface area contributed by atoms with Gasteiger partial charge in [-0.1, -0.05) is 6.58 Å². The van der Waals surface area contributed by atoms with Crippen molar-refractivity contribution in [3.63, 3.8) is 0 Å². The molecule has 0 aliphatic carbocycles. The third-order valence-corrected chi connectivity index (χ3v) is 5.47. The molecule has 0 spiro atoms. The molecule has 0 bridgehead atoms. The monoisotopic (exact) mass is 374 g/mol. The fourth-order valence-electron chi connectivity index (χ4n) is 1.84. The lowest BCUT2D eigenvalue weighted by molar-refractivity contribution is -0.147. The van der Waals surface area contributed by atoms with Gasteiger partial charge in [-0.05, 0) is 19.9 Å². The van der Waals surface area contributed by atoms with E-state index in [1.165, 1.54) is 0 Å². The zero-order valence-corrected chi connectivity index (χ0v) is 16.1. The van der Waals surface area contributed by atoms with E-state index in [1.54, 1.807) is 6.92 Å². The second-order valence-electron chi connectivity index (χ2n) is 5.35. The molecule has 10 heteroatoms. The SMILES string of the molecule is C=C(C)C(=O)NCCNCCC[Si](OC(C)=O)(OC(C)=O)OC(C)=O. The summed E-state index contributed by atoms with van der Waals surface area (Å²) in [6, 6.07) is 0.108. The molecule has 0 radical (unpaired) electrons. The van der Waals surface area contributed by atoms with Crippen LogP contribution in [0, 0.1) is 0 Å². The van der Waals surface area contributed by atoms with Crippen molar-refractivity contribution in [3.8, 4) is 0 Å². The van der Waals surface area contributed by atoms with E-state index < -0.39 is 26.7 Å². The molecule has 0 aromatic heterocycles. The summed E-state index contributed by atoms with van der Waals surface area (Å²) in [4.78, 5) is 45.1. The standard InChI is InChI=1S/C15H26N2O7Si/c1-11(2)15(21)17-9-8-16-7-6-10-25(22-12(3)18,23-13(4)19)24-14(5)20/h16H,1,6-10H2,2-5H3,(H,17,21). The van der Waals surface area contributed by atoms with Crippen molar-refractivity contribution in [1.29, 1.82) is 0 Å². The van der Waals surface area contributed by atoms with E-state index in [2.05, 4.69) is 17.2 Å². The first-order valence-electron chi connectivity index (χ1n) is 7.81. The molecule has 2 N–H and O–H groups in total. The molecule has 0 saturated heterocycles. The number of hydrogen-bond acceptors (Lipinski definition) is 8. The van der Waals surface area contributed by atoms with Crippen LogP contribution in [-0.2, 0) is 32.5 Å². The minimum absolute atomic E-state index is 0.108. The largest absolute Gasteiger partial charge is 0.705 e. The highest BCUT2D eigenvalue weighted by molar-refractivity contribution is 6.65. The minimum atomic E-state index is -3.76. The highest BCUT2D eigenvalue weighted by Gasteiger charge is 2.51. The maximum Gasteiger partial charge on any atom is 0.705 e. The van der Waals surface area contributed by atoms with Gasteiger partial charge in [0.25, 0.3) is 17.9 Å². The summed E-state index contributed by atoms with van der Waals surface area (Å²) >= 11 is 0. The van der Waals surface area contributed by atoms with Crippen LogP contribution in [0.4, 0.5) is 0 Å². The second kappa shape index (κ2) is 11.4. The Labute approximate surface area is 148 Å². The smallest absolute Gasteiger partial charge is 0.455 e. The average molecular weight is 374 g/mol. The van der Waals surface area contributed by atoms with Gasteiger partial charge in [0.1, 0.15) is 0 Å². The van der Waals surface area contributed by atoms with Crippen LogP contribution in [0.15, 0.2) is 12.2 Å². The summed E-state index contributed by atoms with van der Waals surface area (Å²) in [5.74, 6) is -2.29. The van der Waals surface area contributed by atoms with Crippen molar-refractivity contribution in [3.05, 3.63) is 12.2 Å². The number of nitrogens with one attached hydrogen (secondary N) is 2. The zero-order chi connectivity index (χ0) is 19.5. The van der Waals surface area contributed by atoms with Gasteiger partial charge in [0.2, 0.25) is 5.91 Å². The van der Waals surface area contributed by atoms with Crippen molar-refractivity contribution in [2.24, 2.45) is 0 Å². The molecule has 0 saturated carbocycles. The predicted molar refractivity (Wildman–Crippen MR) is 91.2 cm³/mol. The Kier molecular flexibility index (Phi) is 10.4. The highest BCUT2D eigenvalue weighted by Crippen LogP contribution is 2.19. The first-order valence-corrected chi connectivity index (χ1v) is 9.74. The number of hydrogen-bond donors (Lipinski definition) is 2. The van der Waals surface area contributed by atoms with Crippen LogP contribution in [0.3, 0.4) is 0 Å². The Hall–Kier alpha value is -2.20. The Morgan fingerprint density at radius 2 is 1.32 bits per heavy atom. The highest BCUT2D eigenvalue weighted by atomic mass is 28.4. The lowest BCUT2D eigenvalue weighted by Crippen LogP contribution is -2.49. The molecule has 0 aliphatic heterocycles. The molecule has 0 heterocycles. The van der Waals surface area contributed by atoms with Crippen LogP contribution in [0.2, 0.25) is 6.04 Å². The third kappa shape index (κ3) is 11.1. The number of rotatable bonds is 11. The molecule has 0 aliphatic rings. The summed E-state index contributed by atoms with van der Waals surface area (Å²) in [5, 5.41) is 5.74. The van der Waals surface area contributed by atoms with Gasteiger partial charge < -0.3 is 23.9 Å². The molecule has 25 heavy (non-hydrogen) atoms. The molecule has 1 amide bonds. The van der Waals surface area contributed by atoms with Gasteiger partial charge in [-0.3, -0.25) is 19.2 Å². The Morgan fingerprint density at radius 3 is 1.72 bits per heavy atom. The van der Waals surface area contributed by atoms with Crippen molar-refractivity contribution in [2.45, 2.75) is 40.2 Å². The molecule has 0 atom stereocenters. The lowest BCUT2D eigenvalue weighted by atomic mass is 10.3. The molecule has 142 valence electrons. The van der Waals surface area contributed by atoms with Gasteiger partial charge in [-0.15, -0.1) is 0 Å². The molecular weight excluding hydrogens is 348 g/mol. The average Bonchev–Trinajstić information content (AvgIpc) is 2.43. The van der Waals surface area contributed by atoms with Crippen LogP contribution in [0.1, 0.15) is 34.1 Å². The third-order valence-electron chi connectivity index (χ3n) is 2.71. The fraction of sp³-hybridized carbons (Fsp3) is 0.600. The van der Waals surface area contributed by atoms with Gasteiger partial charge in [0.05, 0.1) is 6.04 Å². The van der Waals surface area contributed by atoms with Crippen molar-refractivity contribution >= 4 is 32.6 Å². The van der Waals surface area contributed by atoms with E-state index in [0.29, 0.717) is 31.6 Å². The van der Waals surface area contributed by atoms with E-state index in [9.17, 15) is 19.2 Å². The Balaban J connectivity index is 4.43.